The van der Waals surface area contributed by atoms with E-state index in [-0.39, 0.29) is 24.0 Å². The molecule has 2 aromatic heterocycles. The molecule has 23 heavy (non-hydrogen) atoms. The lowest BCUT2D eigenvalue weighted by atomic mass is 9.92. The summed E-state index contributed by atoms with van der Waals surface area (Å²) in [5, 5.41) is 8.79. The number of amides is 1. The Hall–Kier alpha value is -2.62. The maximum absolute atomic E-state index is 12.6. The minimum atomic E-state index is -3.08. The first-order valence-electron chi connectivity index (χ1n) is 12.3. The van der Waals surface area contributed by atoms with E-state index in [1.165, 1.54) is 6.07 Å². The van der Waals surface area contributed by atoms with Crippen molar-refractivity contribution in [2.75, 3.05) is 25.0 Å². The van der Waals surface area contributed by atoms with Gasteiger partial charge in [0.05, 0.1) is 23.0 Å². The number of nitriles is 1. The minimum absolute atomic E-state index is 0.158. The van der Waals surface area contributed by atoms with Crippen LogP contribution >= 0.6 is 0 Å². The number of piperidine rings is 1. The fourth-order valence-corrected chi connectivity index (χ4v) is 2.53. The van der Waals surface area contributed by atoms with Gasteiger partial charge < -0.3 is 14.8 Å². The Balaban J connectivity index is 2.23. The van der Waals surface area contributed by atoms with Gasteiger partial charge in [-0.3, -0.25) is 4.79 Å². The van der Waals surface area contributed by atoms with Crippen molar-refractivity contribution in [3.05, 3.63) is 18.5 Å². The van der Waals surface area contributed by atoms with Gasteiger partial charge in [-0.15, -0.1) is 0 Å². The molecule has 120 valence electrons. The van der Waals surface area contributed by atoms with Gasteiger partial charge in [0, 0.05) is 34.5 Å². The van der Waals surface area contributed by atoms with Crippen molar-refractivity contribution in [3.8, 4) is 6.07 Å². The molecule has 2 atom stereocenters. The SMILES string of the molecule is [2H]c1nc(N([C@H]2CN(C(=O)C([2H])([2H])C#N)CC[C@H]2C([2H])([2H])[2H])C([2H])([2H])[2H])c2c([2H])c([2H])[nH]c2n1. The quantitative estimate of drug-likeness (QED) is 0.925. The summed E-state index contributed by atoms with van der Waals surface area (Å²) in [4.78, 5) is 24.2. The number of rotatable bonds is 3. The minimum Gasteiger partial charge on any atom is -0.354 e. The molecule has 1 aliphatic heterocycles. The zero-order chi connectivity index (χ0) is 25.8. The van der Waals surface area contributed by atoms with Crippen LogP contribution in [-0.2, 0) is 4.79 Å². The van der Waals surface area contributed by atoms with Crippen molar-refractivity contribution in [1.29, 1.82) is 5.26 Å². The number of nitrogens with zero attached hydrogens (tertiary/aromatic N) is 5. The predicted octanol–water partition coefficient (Wildman–Crippen LogP) is 1.54. The van der Waals surface area contributed by atoms with Crippen molar-refractivity contribution in [2.24, 2.45) is 5.92 Å². The van der Waals surface area contributed by atoms with E-state index in [9.17, 15) is 4.79 Å². The topological polar surface area (TPSA) is 88.9 Å². The molecule has 0 spiro atoms. The van der Waals surface area contributed by atoms with E-state index < -0.39 is 68.9 Å². The summed E-state index contributed by atoms with van der Waals surface area (Å²) in [6, 6.07) is -0.703. The fourth-order valence-electron chi connectivity index (χ4n) is 2.53. The third-order valence-corrected chi connectivity index (χ3v) is 3.74. The van der Waals surface area contributed by atoms with Crippen LogP contribution in [0.15, 0.2) is 18.5 Å². The Labute approximate surface area is 150 Å². The zero-order valence-electron chi connectivity index (χ0n) is 22.9. The van der Waals surface area contributed by atoms with Crippen LogP contribution in [0.25, 0.3) is 11.0 Å². The number of H-pyrrole nitrogens is 1. The third-order valence-electron chi connectivity index (χ3n) is 3.74. The summed E-state index contributed by atoms with van der Waals surface area (Å²) in [6.07, 6.45) is -4.20. The van der Waals surface area contributed by atoms with E-state index in [1.54, 1.807) is 0 Å². The molecule has 3 heterocycles. The molecule has 2 aromatic rings. The highest BCUT2D eigenvalue weighted by molar-refractivity contribution is 5.87. The first-order valence-corrected chi connectivity index (χ1v) is 6.82. The lowest BCUT2D eigenvalue weighted by Crippen LogP contribution is -2.52. The van der Waals surface area contributed by atoms with Crippen LogP contribution in [0.3, 0.4) is 0 Å². The Morgan fingerprint density at radius 1 is 1.74 bits per heavy atom. The highest BCUT2D eigenvalue weighted by Crippen LogP contribution is 2.28. The monoisotopic (exact) mass is 323 g/mol. The van der Waals surface area contributed by atoms with Crippen LogP contribution in [0.1, 0.15) is 34.7 Å². The zero-order valence-corrected chi connectivity index (χ0v) is 11.9. The Kier molecular flexibility index (Phi) is 1.87. The molecule has 3 rings (SSSR count). The second kappa shape index (κ2) is 6.24. The van der Waals surface area contributed by atoms with Crippen LogP contribution < -0.4 is 4.90 Å². The molecule has 0 saturated carbocycles. The van der Waals surface area contributed by atoms with Gasteiger partial charge in [-0.2, -0.15) is 5.26 Å². The van der Waals surface area contributed by atoms with Gasteiger partial charge in [0.25, 0.3) is 0 Å². The maximum atomic E-state index is 12.6. The normalized spacial score (nSPS) is 29.9. The molecule has 0 radical (unpaired) electrons. The number of hydrogen-bond acceptors (Lipinski definition) is 5. The van der Waals surface area contributed by atoms with Gasteiger partial charge in [0.1, 0.15) is 25.5 Å². The number of fused-ring (bicyclic) bond motifs is 1. The summed E-state index contributed by atoms with van der Waals surface area (Å²) in [5.74, 6) is -3.03. The van der Waals surface area contributed by atoms with Gasteiger partial charge in [-0.1, -0.05) is 6.85 Å². The van der Waals surface area contributed by atoms with Crippen LogP contribution in [0, 0.1) is 17.2 Å². The largest absolute Gasteiger partial charge is 0.354 e. The second-order valence-electron chi connectivity index (χ2n) is 5.07. The number of likely N-dealkylation sites (N-methyl/N-ethyl adjacent to an activating group) is 1. The lowest BCUT2D eigenvalue weighted by Gasteiger charge is -2.42. The molecular weight excluding hydrogens is 292 g/mol. The lowest BCUT2D eigenvalue weighted by molar-refractivity contribution is -0.131. The van der Waals surface area contributed by atoms with E-state index in [0.29, 0.717) is 4.90 Å². The molecule has 0 aromatic carbocycles. The molecule has 1 fully saturated rings. The second-order valence-corrected chi connectivity index (χ2v) is 5.07. The summed E-state index contributed by atoms with van der Waals surface area (Å²) >= 11 is 0. The maximum Gasteiger partial charge on any atom is 0.236 e. The summed E-state index contributed by atoms with van der Waals surface area (Å²) < 4.78 is 87.2. The number of nitrogens with one attached hydrogen (secondary N) is 1. The van der Waals surface area contributed by atoms with Crippen molar-refractivity contribution in [3.63, 3.8) is 0 Å². The Morgan fingerprint density at radius 2 is 2.65 bits per heavy atom. The highest BCUT2D eigenvalue weighted by Gasteiger charge is 2.32. The standard InChI is InChI=1S/C16H20N6O/c1-11-5-8-22(14(23)3-6-17)9-13(11)21(2)16-12-4-7-18-15(12)19-10-20-16/h4,7,10-11,13H,3,5,8-9H2,1-2H3,(H,18,19,20)/t11-,13+/m1/s1/i1D3,2D3,3D2,4D,7D,10D. The van der Waals surface area contributed by atoms with E-state index in [1.807, 2.05) is 0 Å². The molecular formula is C16H20N6O. The molecule has 1 aliphatic rings. The molecule has 1 saturated heterocycles. The molecule has 7 nitrogen and oxygen atoms in total. The van der Waals surface area contributed by atoms with E-state index in [4.69, 9.17) is 20.3 Å². The van der Waals surface area contributed by atoms with Crippen LogP contribution in [0.2, 0.25) is 0 Å². The average Bonchev–Trinajstić information content (AvgIpc) is 2.98. The molecule has 1 amide bonds. The van der Waals surface area contributed by atoms with Crippen LogP contribution in [0.5, 0.6) is 0 Å². The molecule has 7 heteroatoms. The van der Waals surface area contributed by atoms with Crippen molar-refractivity contribution < 1.29 is 19.9 Å². The number of hydrogen-bond donors (Lipinski definition) is 1. The average molecular weight is 323 g/mol. The first kappa shape index (κ1) is 6.87. The number of aromatic amines is 1. The van der Waals surface area contributed by atoms with Gasteiger partial charge in [0.15, 0.2) is 0 Å². The molecule has 0 aliphatic carbocycles. The number of likely N-dealkylation sites (tertiary alicyclic amines) is 1. The number of aromatic nitrogens is 3. The number of anilines is 1. The summed E-state index contributed by atoms with van der Waals surface area (Å²) in [7, 11) is 0. The van der Waals surface area contributed by atoms with Crippen molar-refractivity contribution in [2.45, 2.75) is 25.7 Å². The predicted molar refractivity (Wildman–Crippen MR) is 86.7 cm³/mol. The van der Waals surface area contributed by atoms with Gasteiger partial charge in [-0.25, -0.2) is 9.97 Å². The van der Waals surface area contributed by atoms with Crippen molar-refractivity contribution in [1.82, 2.24) is 19.9 Å². The first-order chi connectivity index (χ1) is 15.5. The Bertz CT molecular complexity index is 1150. The van der Waals surface area contributed by atoms with E-state index in [2.05, 4.69) is 15.0 Å². The summed E-state index contributed by atoms with van der Waals surface area (Å²) in [5.41, 5.74) is -0.158. The number of carbonyl (C=O) groups excluding carboxylic acids is 1. The van der Waals surface area contributed by atoms with E-state index in [0.717, 1.165) is 4.90 Å². The van der Waals surface area contributed by atoms with Crippen LogP contribution in [0.4, 0.5) is 5.82 Å². The fraction of sp³-hybridized carbons (Fsp3) is 0.500. The van der Waals surface area contributed by atoms with Crippen LogP contribution in [-0.4, -0.2) is 51.9 Å². The van der Waals surface area contributed by atoms with Crippen molar-refractivity contribution >= 4 is 22.8 Å². The van der Waals surface area contributed by atoms with Gasteiger partial charge in [0.2, 0.25) is 5.91 Å². The Morgan fingerprint density at radius 3 is 3.43 bits per heavy atom. The third kappa shape index (κ3) is 2.84. The molecule has 0 bridgehead atoms. The number of carbonyl (C=O) groups is 1. The highest BCUT2D eigenvalue weighted by atomic mass is 16.2. The van der Waals surface area contributed by atoms with Gasteiger partial charge in [-0.05, 0) is 18.4 Å². The molecule has 0 unspecified atom stereocenters. The summed E-state index contributed by atoms with van der Waals surface area (Å²) in [6.45, 7) is -6.54. The van der Waals surface area contributed by atoms with E-state index >= 15 is 0 Å². The van der Waals surface area contributed by atoms with Gasteiger partial charge >= 0.3 is 0 Å². The smallest absolute Gasteiger partial charge is 0.236 e. The molecule has 1 N–H and O–H groups in total.